The van der Waals surface area contributed by atoms with Crippen LogP contribution in [0.5, 0.6) is 0 Å². The van der Waals surface area contributed by atoms with Crippen molar-refractivity contribution < 1.29 is 9.53 Å². The second kappa shape index (κ2) is 6.88. The number of benzene rings is 1. The van der Waals surface area contributed by atoms with Crippen LogP contribution >= 0.6 is 11.8 Å². The van der Waals surface area contributed by atoms with Gasteiger partial charge in [0, 0.05) is 22.7 Å². The van der Waals surface area contributed by atoms with E-state index in [2.05, 4.69) is 11.6 Å². The smallest absolute Gasteiger partial charge is 0.340 e. The zero-order chi connectivity index (χ0) is 14.5. The highest BCUT2D eigenvalue weighted by Gasteiger charge is 2.20. The Balaban J connectivity index is 2.01. The Bertz CT molecular complexity index is 471. The van der Waals surface area contributed by atoms with Crippen molar-refractivity contribution in [3.63, 3.8) is 0 Å². The van der Waals surface area contributed by atoms with Crippen molar-refractivity contribution in [3.8, 4) is 0 Å². The lowest BCUT2D eigenvalue weighted by Crippen LogP contribution is -2.27. The molecule has 0 unspecified atom stereocenters. The van der Waals surface area contributed by atoms with Gasteiger partial charge in [0.05, 0.1) is 12.7 Å². The summed E-state index contributed by atoms with van der Waals surface area (Å²) in [6.45, 7) is 0. The molecule has 5 heteroatoms. The molecule has 2 rings (SSSR count). The van der Waals surface area contributed by atoms with Gasteiger partial charge in [0.25, 0.3) is 0 Å². The molecule has 110 valence electrons. The predicted octanol–water partition coefficient (Wildman–Crippen LogP) is 3.14. The highest BCUT2D eigenvalue weighted by molar-refractivity contribution is 7.99. The van der Waals surface area contributed by atoms with Crippen LogP contribution in [-0.2, 0) is 4.74 Å². The minimum atomic E-state index is -0.391. The van der Waals surface area contributed by atoms with Gasteiger partial charge in [-0.05, 0) is 50.1 Å². The Morgan fingerprint density at radius 1 is 1.35 bits per heavy atom. The van der Waals surface area contributed by atoms with Crippen LogP contribution in [0.1, 0.15) is 36.0 Å². The van der Waals surface area contributed by atoms with Gasteiger partial charge in [-0.25, -0.2) is 4.79 Å². The molecular weight excluding hydrogens is 272 g/mol. The molecule has 0 heterocycles. The van der Waals surface area contributed by atoms with Crippen molar-refractivity contribution in [2.24, 2.45) is 0 Å². The molecule has 0 amide bonds. The van der Waals surface area contributed by atoms with E-state index in [0.717, 1.165) is 10.9 Å². The Labute approximate surface area is 124 Å². The van der Waals surface area contributed by atoms with E-state index in [-0.39, 0.29) is 0 Å². The second-order valence-electron chi connectivity index (χ2n) is 5.15. The molecule has 1 aromatic carbocycles. The van der Waals surface area contributed by atoms with E-state index in [4.69, 9.17) is 10.5 Å². The second-order valence-corrected chi connectivity index (χ2v) is 6.29. The summed E-state index contributed by atoms with van der Waals surface area (Å²) in [7, 11) is 1.37. The fraction of sp³-hybridized carbons (Fsp3) is 0.533. The number of hydrogen-bond donors (Lipinski definition) is 2. The van der Waals surface area contributed by atoms with Gasteiger partial charge < -0.3 is 15.8 Å². The summed E-state index contributed by atoms with van der Waals surface area (Å²) in [4.78, 5) is 11.6. The molecule has 3 N–H and O–H groups in total. The molecule has 1 fully saturated rings. The number of thioether (sulfide) groups is 1. The molecule has 0 saturated heterocycles. The maximum atomic E-state index is 11.6. The fourth-order valence-corrected chi connectivity index (χ4v) is 3.35. The number of methoxy groups -OCH3 is 1. The first kappa shape index (κ1) is 15.0. The minimum Gasteiger partial charge on any atom is -0.465 e. The van der Waals surface area contributed by atoms with E-state index in [0.29, 0.717) is 17.3 Å². The van der Waals surface area contributed by atoms with Crippen molar-refractivity contribution in [1.82, 2.24) is 0 Å². The minimum absolute atomic E-state index is 0.391. The van der Waals surface area contributed by atoms with Crippen LogP contribution in [-0.4, -0.2) is 30.6 Å². The average Bonchev–Trinajstić information content (AvgIpc) is 2.49. The molecule has 0 spiro atoms. The molecule has 1 aliphatic rings. The number of ether oxygens (including phenoxy) is 1. The third kappa shape index (κ3) is 3.60. The lowest BCUT2D eigenvalue weighted by atomic mass is 9.94. The third-order valence-electron chi connectivity index (χ3n) is 3.84. The summed E-state index contributed by atoms with van der Waals surface area (Å²) in [5.74, 6) is -0.391. The molecule has 0 aliphatic heterocycles. The van der Waals surface area contributed by atoms with E-state index < -0.39 is 5.97 Å². The molecule has 1 aliphatic carbocycles. The summed E-state index contributed by atoms with van der Waals surface area (Å²) in [5, 5.41) is 4.30. The van der Waals surface area contributed by atoms with Crippen molar-refractivity contribution in [2.45, 2.75) is 37.0 Å². The van der Waals surface area contributed by atoms with E-state index in [1.54, 1.807) is 12.1 Å². The van der Waals surface area contributed by atoms with Crippen molar-refractivity contribution in [1.29, 1.82) is 0 Å². The topological polar surface area (TPSA) is 64.3 Å². The number of nitrogen functional groups attached to an aromatic ring is 1. The van der Waals surface area contributed by atoms with Crippen LogP contribution in [0, 0.1) is 0 Å². The van der Waals surface area contributed by atoms with Gasteiger partial charge in [0.1, 0.15) is 0 Å². The van der Waals surface area contributed by atoms with Gasteiger partial charge >= 0.3 is 5.97 Å². The quantitative estimate of drug-likeness (QED) is 0.660. The van der Waals surface area contributed by atoms with Crippen molar-refractivity contribution >= 4 is 29.1 Å². The summed E-state index contributed by atoms with van der Waals surface area (Å²) in [5.41, 5.74) is 7.62. The van der Waals surface area contributed by atoms with Gasteiger partial charge in [0.2, 0.25) is 0 Å². The zero-order valence-electron chi connectivity index (χ0n) is 12.0. The van der Waals surface area contributed by atoms with E-state index in [1.165, 1.54) is 32.8 Å². The maximum Gasteiger partial charge on any atom is 0.340 e. The third-order valence-corrected chi connectivity index (χ3v) is 4.98. The number of carbonyl (C=O) groups excluding carboxylic acids is 1. The number of esters is 1. The zero-order valence-corrected chi connectivity index (χ0v) is 12.8. The molecule has 1 aromatic rings. The lowest BCUT2D eigenvalue weighted by Gasteiger charge is -2.29. The lowest BCUT2D eigenvalue weighted by molar-refractivity contribution is 0.0602. The summed E-state index contributed by atoms with van der Waals surface area (Å²) in [6.07, 6.45) is 7.02. The van der Waals surface area contributed by atoms with E-state index >= 15 is 0 Å². The van der Waals surface area contributed by atoms with Crippen LogP contribution in [0.15, 0.2) is 18.2 Å². The van der Waals surface area contributed by atoms with Crippen molar-refractivity contribution in [3.05, 3.63) is 23.8 Å². The first-order chi connectivity index (χ1) is 9.63. The monoisotopic (exact) mass is 294 g/mol. The fourth-order valence-electron chi connectivity index (χ4n) is 2.61. The first-order valence-electron chi connectivity index (χ1n) is 6.91. The Kier molecular flexibility index (Phi) is 5.17. The summed E-state index contributed by atoms with van der Waals surface area (Å²) >= 11 is 1.96. The highest BCUT2D eigenvalue weighted by atomic mass is 32.2. The standard InChI is InChI=1S/C15H22N2O2S/c1-19-15(18)13-9-11(5-8-14(13)16)17-10-3-6-12(20-2)7-4-10/h5,8-10,12,17H,3-4,6-7,16H2,1-2H3. The van der Waals surface area contributed by atoms with Crippen LogP contribution in [0.25, 0.3) is 0 Å². The van der Waals surface area contributed by atoms with Gasteiger partial charge in [-0.3, -0.25) is 0 Å². The molecule has 0 atom stereocenters. The van der Waals surface area contributed by atoms with E-state index in [9.17, 15) is 4.79 Å². The van der Waals surface area contributed by atoms with Crippen molar-refractivity contribution in [2.75, 3.05) is 24.4 Å². The number of rotatable bonds is 4. The Morgan fingerprint density at radius 2 is 2.05 bits per heavy atom. The molecule has 20 heavy (non-hydrogen) atoms. The van der Waals surface area contributed by atoms with Crippen LogP contribution in [0.3, 0.4) is 0 Å². The van der Waals surface area contributed by atoms with Gasteiger partial charge in [-0.1, -0.05) is 0 Å². The number of nitrogens with two attached hydrogens (primary N) is 1. The Morgan fingerprint density at radius 3 is 2.65 bits per heavy atom. The molecule has 0 bridgehead atoms. The van der Waals surface area contributed by atoms with Gasteiger partial charge in [-0.15, -0.1) is 0 Å². The molecule has 0 aromatic heterocycles. The van der Waals surface area contributed by atoms with Crippen LogP contribution in [0.2, 0.25) is 0 Å². The maximum absolute atomic E-state index is 11.6. The molecule has 1 saturated carbocycles. The predicted molar refractivity (Wildman–Crippen MR) is 85.4 cm³/mol. The molecule has 0 radical (unpaired) electrons. The van der Waals surface area contributed by atoms with Gasteiger partial charge in [-0.2, -0.15) is 11.8 Å². The number of nitrogens with one attached hydrogen (secondary N) is 1. The van der Waals surface area contributed by atoms with Crippen LogP contribution < -0.4 is 11.1 Å². The summed E-state index contributed by atoms with van der Waals surface area (Å²) in [6, 6.07) is 5.93. The highest BCUT2D eigenvalue weighted by Crippen LogP contribution is 2.29. The Hall–Kier alpha value is -1.36. The SMILES string of the molecule is COC(=O)c1cc(NC2CCC(SC)CC2)ccc1N. The normalized spacial score (nSPS) is 22.3. The van der Waals surface area contributed by atoms with E-state index in [1.807, 2.05) is 17.8 Å². The van der Waals surface area contributed by atoms with Crippen LogP contribution in [0.4, 0.5) is 11.4 Å². The summed E-state index contributed by atoms with van der Waals surface area (Å²) < 4.78 is 4.74. The number of hydrogen-bond acceptors (Lipinski definition) is 5. The first-order valence-corrected chi connectivity index (χ1v) is 8.20. The number of carbonyl (C=O) groups is 1. The van der Waals surface area contributed by atoms with Gasteiger partial charge in [0.15, 0.2) is 0 Å². The number of anilines is 2. The average molecular weight is 294 g/mol. The molecule has 4 nitrogen and oxygen atoms in total. The molecular formula is C15H22N2O2S. The largest absolute Gasteiger partial charge is 0.465 e.